The van der Waals surface area contributed by atoms with Gasteiger partial charge in [-0.3, -0.25) is 9.69 Å². The number of carbonyl (C=O) groups excluding carboxylic acids is 1. The minimum Gasteiger partial charge on any atom is -0.296 e. The Balaban J connectivity index is 1.96. The molecule has 1 aliphatic carbocycles. The van der Waals surface area contributed by atoms with Crippen LogP contribution in [0, 0.1) is 5.92 Å². The van der Waals surface area contributed by atoms with E-state index in [1.165, 1.54) is 12.8 Å². The average molecular weight is 310 g/mol. The van der Waals surface area contributed by atoms with Crippen LogP contribution in [0.5, 0.6) is 0 Å². The van der Waals surface area contributed by atoms with E-state index in [4.69, 9.17) is 11.6 Å². The molecule has 1 saturated heterocycles. The molecule has 20 heavy (non-hydrogen) atoms. The first kappa shape index (κ1) is 14.3. The van der Waals surface area contributed by atoms with Crippen molar-refractivity contribution in [2.45, 2.75) is 49.7 Å². The van der Waals surface area contributed by atoms with Crippen LogP contribution in [0.4, 0.5) is 5.69 Å². The zero-order valence-corrected chi connectivity index (χ0v) is 13.5. The molecule has 0 bridgehead atoms. The maximum atomic E-state index is 12.6. The molecule has 3 rings (SSSR count). The monoisotopic (exact) mass is 309 g/mol. The molecule has 1 aromatic carbocycles. The third kappa shape index (κ3) is 2.35. The van der Waals surface area contributed by atoms with Crippen molar-refractivity contribution in [2.75, 3.05) is 4.90 Å². The van der Waals surface area contributed by atoms with E-state index < -0.39 is 0 Å². The smallest absolute Gasteiger partial charge is 0.241 e. The summed E-state index contributed by atoms with van der Waals surface area (Å²) in [6.07, 6.45) is 4.60. The molecular formula is C16H20ClNOS. The maximum Gasteiger partial charge on any atom is 0.241 e. The Labute approximate surface area is 129 Å². The fourth-order valence-corrected chi connectivity index (χ4v) is 5.08. The van der Waals surface area contributed by atoms with Crippen LogP contribution in [-0.4, -0.2) is 16.0 Å². The highest BCUT2D eigenvalue weighted by Crippen LogP contribution is 2.52. The van der Waals surface area contributed by atoms with Crippen molar-refractivity contribution in [3.8, 4) is 0 Å². The van der Waals surface area contributed by atoms with Crippen molar-refractivity contribution in [2.24, 2.45) is 5.92 Å². The van der Waals surface area contributed by atoms with Gasteiger partial charge in [0.15, 0.2) is 0 Å². The summed E-state index contributed by atoms with van der Waals surface area (Å²) in [4.78, 5) is 14.6. The second-order valence-electron chi connectivity index (χ2n) is 6.04. The number of nitrogens with zero attached hydrogens (tertiary/aromatic N) is 1. The highest BCUT2D eigenvalue weighted by atomic mass is 35.5. The van der Waals surface area contributed by atoms with Gasteiger partial charge in [-0.05, 0) is 62.8 Å². The molecule has 1 aromatic rings. The van der Waals surface area contributed by atoms with Crippen molar-refractivity contribution in [1.82, 2.24) is 0 Å². The molecule has 1 atom stereocenters. The van der Waals surface area contributed by atoms with Gasteiger partial charge in [0.2, 0.25) is 5.91 Å². The van der Waals surface area contributed by atoms with Gasteiger partial charge in [0.05, 0.1) is 10.1 Å². The normalized spacial score (nSPS) is 34.0. The quantitative estimate of drug-likeness (QED) is 0.748. The Morgan fingerprint density at radius 1 is 1.20 bits per heavy atom. The number of hydrogen-bond donors (Lipinski definition) is 0. The molecule has 0 unspecified atom stereocenters. The first-order valence-electron chi connectivity index (χ1n) is 7.29. The van der Waals surface area contributed by atoms with Gasteiger partial charge in [-0.2, -0.15) is 0 Å². The second-order valence-corrected chi connectivity index (χ2v) is 8.18. The van der Waals surface area contributed by atoms with Gasteiger partial charge < -0.3 is 0 Å². The molecule has 2 aliphatic rings. The minimum absolute atomic E-state index is 0.0309. The van der Waals surface area contributed by atoms with Gasteiger partial charge in [0.1, 0.15) is 0 Å². The number of benzene rings is 1. The lowest BCUT2D eigenvalue weighted by Crippen LogP contribution is -2.47. The van der Waals surface area contributed by atoms with E-state index in [9.17, 15) is 4.79 Å². The lowest BCUT2D eigenvalue weighted by Gasteiger charge is -2.42. The number of hydrogen-bond acceptors (Lipinski definition) is 2. The predicted molar refractivity (Wildman–Crippen MR) is 86.4 cm³/mol. The summed E-state index contributed by atoms with van der Waals surface area (Å²) < 4.78 is 0. The van der Waals surface area contributed by atoms with E-state index >= 15 is 0 Å². The molecule has 1 amide bonds. The molecule has 108 valence electrons. The van der Waals surface area contributed by atoms with Gasteiger partial charge in [0, 0.05) is 10.7 Å². The van der Waals surface area contributed by atoms with Crippen molar-refractivity contribution in [3.63, 3.8) is 0 Å². The summed E-state index contributed by atoms with van der Waals surface area (Å²) in [5.74, 6) is 1.02. The molecule has 1 heterocycles. The van der Waals surface area contributed by atoms with Crippen molar-refractivity contribution < 1.29 is 4.79 Å². The number of carbonyl (C=O) groups is 1. The molecule has 4 heteroatoms. The number of thioether (sulfide) groups is 1. The standard InChI is InChI=1S/C16H20ClNOS/c1-11-7-9-16(10-8-11)18(15(19)12(2)20-16)14-5-3-13(17)4-6-14/h3-6,11-12H,7-10H2,1-2H3/t11?,12-,16?/m0/s1. The number of anilines is 1. The molecule has 1 saturated carbocycles. The second kappa shape index (κ2) is 5.27. The van der Waals surface area contributed by atoms with Crippen molar-refractivity contribution >= 4 is 35.0 Å². The lowest BCUT2D eigenvalue weighted by molar-refractivity contribution is -0.118. The van der Waals surface area contributed by atoms with Gasteiger partial charge in [-0.1, -0.05) is 18.5 Å². The summed E-state index contributed by atoms with van der Waals surface area (Å²) in [5.41, 5.74) is 0.991. The molecule has 0 N–H and O–H groups in total. The van der Waals surface area contributed by atoms with Crippen LogP contribution in [0.1, 0.15) is 39.5 Å². The molecule has 0 radical (unpaired) electrons. The summed E-state index contributed by atoms with van der Waals surface area (Å²) in [7, 11) is 0. The average Bonchev–Trinajstić information content (AvgIpc) is 2.67. The Bertz CT molecular complexity index is 508. The Morgan fingerprint density at radius 3 is 2.40 bits per heavy atom. The largest absolute Gasteiger partial charge is 0.296 e. The molecule has 1 spiro atoms. The number of rotatable bonds is 1. The zero-order valence-electron chi connectivity index (χ0n) is 11.9. The first-order valence-corrected chi connectivity index (χ1v) is 8.55. The molecule has 0 aromatic heterocycles. The Hall–Kier alpha value is -0.670. The van der Waals surface area contributed by atoms with Crippen LogP contribution in [-0.2, 0) is 4.79 Å². The van der Waals surface area contributed by atoms with Crippen LogP contribution in [0.2, 0.25) is 5.02 Å². The molecule has 2 nitrogen and oxygen atoms in total. The molecular weight excluding hydrogens is 290 g/mol. The number of halogens is 1. The summed E-state index contributed by atoms with van der Waals surface area (Å²) in [5, 5.41) is 0.770. The first-order chi connectivity index (χ1) is 9.52. The third-order valence-corrected chi connectivity index (χ3v) is 6.35. The van der Waals surface area contributed by atoms with Crippen LogP contribution < -0.4 is 4.90 Å². The molecule has 1 aliphatic heterocycles. The Morgan fingerprint density at radius 2 is 1.80 bits per heavy atom. The van der Waals surface area contributed by atoms with Gasteiger partial charge in [-0.15, -0.1) is 11.8 Å². The SMILES string of the molecule is CC1CCC2(CC1)S[C@@H](C)C(=O)N2c1ccc(Cl)cc1. The van der Waals surface area contributed by atoms with E-state index in [-0.39, 0.29) is 16.0 Å². The van der Waals surface area contributed by atoms with E-state index in [0.29, 0.717) is 5.02 Å². The van der Waals surface area contributed by atoms with Crippen LogP contribution >= 0.6 is 23.4 Å². The van der Waals surface area contributed by atoms with E-state index in [1.54, 1.807) is 0 Å². The lowest BCUT2D eigenvalue weighted by atomic mass is 9.85. The van der Waals surface area contributed by atoms with Crippen LogP contribution in [0.25, 0.3) is 0 Å². The van der Waals surface area contributed by atoms with Gasteiger partial charge in [-0.25, -0.2) is 0 Å². The summed E-state index contributed by atoms with van der Waals surface area (Å²) >= 11 is 7.82. The van der Waals surface area contributed by atoms with Crippen LogP contribution in [0.3, 0.4) is 0 Å². The van der Waals surface area contributed by atoms with E-state index in [0.717, 1.165) is 24.4 Å². The van der Waals surface area contributed by atoms with Gasteiger partial charge in [0.25, 0.3) is 0 Å². The predicted octanol–water partition coefficient (Wildman–Crippen LogP) is 4.71. The summed E-state index contributed by atoms with van der Waals surface area (Å²) in [6.45, 7) is 4.34. The summed E-state index contributed by atoms with van der Waals surface area (Å²) in [6, 6.07) is 7.69. The fourth-order valence-electron chi connectivity index (χ4n) is 3.32. The topological polar surface area (TPSA) is 20.3 Å². The van der Waals surface area contributed by atoms with Crippen molar-refractivity contribution in [3.05, 3.63) is 29.3 Å². The highest BCUT2D eigenvalue weighted by molar-refractivity contribution is 8.02. The number of amides is 1. The zero-order chi connectivity index (χ0) is 14.3. The Kier molecular flexibility index (Phi) is 3.76. The van der Waals surface area contributed by atoms with Crippen molar-refractivity contribution in [1.29, 1.82) is 0 Å². The minimum atomic E-state index is -0.0309. The van der Waals surface area contributed by atoms with Gasteiger partial charge >= 0.3 is 0 Å². The molecule has 2 fully saturated rings. The maximum absolute atomic E-state index is 12.6. The third-order valence-electron chi connectivity index (χ3n) is 4.51. The van der Waals surface area contributed by atoms with E-state index in [2.05, 4.69) is 6.92 Å². The van der Waals surface area contributed by atoms with Crippen LogP contribution in [0.15, 0.2) is 24.3 Å². The van der Waals surface area contributed by atoms with E-state index in [1.807, 2.05) is 47.9 Å². The fraction of sp³-hybridized carbons (Fsp3) is 0.562. The highest BCUT2D eigenvalue weighted by Gasteiger charge is 2.51.